The maximum absolute atomic E-state index is 5.60. The van der Waals surface area contributed by atoms with Crippen LogP contribution in [0.2, 0.25) is 0 Å². The zero-order valence-corrected chi connectivity index (χ0v) is 5.70. The zero-order chi connectivity index (χ0) is 5.86. The van der Waals surface area contributed by atoms with E-state index in [1.54, 1.807) is 7.11 Å². The first-order chi connectivity index (χ1) is 3.18. The standard InChI is InChI=1S/C5H11ClO/c1-4(6)5(2)7-3/h4-5H,1-3H3/t4-,5?/m0/s1. The molecule has 0 rings (SSSR count). The molecule has 0 aromatic rings. The molecule has 0 bridgehead atoms. The summed E-state index contributed by atoms with van der Waals surface area (Å²) in [6.07, 6.45) is 0.168. The maximum atomic E-state index is 5.60. The van der Waals surface area contributed by atoms with E-state index in [-0.39, 0.29) is 11.5 Å². The molecule has 0 spiro atoms. The number of ether oxygens (including phenoxy) is 1. The fourth-order valence-corrected chi connectivity index (χ4v) is 0.290. The molecule has 0 aliphatic rings. The van der Waals surface area contributed by atoms with Crippen molar-refractivity contribution in [3.8, 4) is 0 Å². The first-order valence-electron chi connectivity index (χ1n) is 2.35. The molecule has 1 unspecified atom stereocenters. The van der Waals surface area contributed by atoms with Crippen LogP contribution in [-0.2, 0) is 4.74 Å². The van der Waals surface area contributed by atoms with Crippen molar-refractivity contribution in [2.75, 3.05) is 7.11 Å². The first-order valence-corrected chi connectivity index (χ1v) is 2.79. The number of hydrogen-bond donors (Lipinski definition) is 0. The van der Waals surface area contributed by atoms with Gasteiger partial charge in [0.2, 0.25) is 0 Å². The van der Waals surface area contributed by atoms with Crippen molar-refractivity contribution in [2.24, 2.45) is 0 Å². The Balaban J connectivity index is 3.14. The lowest BCUT2D eigenvalue weighted by molar-refractivity contribution is 0.118. The lowest BCUT2D eigenvalue weighted by Crippen LogP contribution is -2.15. The van der Waals surface area contributed by atoms with Crippen molar-refractivity contribution in [1.29, 1.82) is 0 Å². The van der Waals surface area contributed by atoms with Crippen molar-refractivity contribution in [3.05, 3.63) is 0 Å². The topological polar surface area (TPSA) is 9.23 Å². The van der Waals surface area contributed by atoms with Crippen molar-refractivity contribution < 1.29 is 4.74 Å². The van der Waals surface area contributed by atoms with Crippen LogP contribution in [0.3, 0.4) is 0 Å². The van der Waals surface area contributed by atoms with E-state index >= 15 is 0 Å². The smallest absolute Gasteiger partial charge is 0.0703 e. The number of methoxy groups -OCH3 is 1. The Morgan fingerprint density at radius 1 is 1.43 bits per heavy atom. The van der Waals surface area contributed by atoms with Crippen LogP contribution in [0.1, 0.15) is 13.8 Å². The third-order valence-corrected chi connectivity index (χ3v) is 1.37. The lowest BCUT2D eigenvalue weighted by atomic mass is 10.3. The average Bonchev–Trinajstić information content (AvgIpc) is 1.65. The second-order valence-corrected chi connectivity index (χ2v) is 2.31. The Labute approximate surface area is 49.6 Å². The highest BCUT2D eigenvalue weighted by molar-refractivity contribution is 6.20. The van der Waals surface area contributed by atoms with Gasteiger partial charge in [0.25, 0.3) is 0 Å². The van der Waals surface area contributed by atoms with Crippen LogP contribution in [0, 0.1) is 0 Å². The highest BCUT2D eigenvalue weighted by Crippen LogP contribution is 2.02. The fraction of sp³-hybridized carbons (Fsp3) is 1.00. The van der Waals surface area contributed by atoms with E-state index in [0.717, 1.165) is 0 Å². The van der Waals surface area contributed by atoms with Crippen molar-refractivity contribution in [3.63, 3.8) is 0 Å². The summed E-state index contributed by atoms with van der Waals surface area (Å²) < 4.78 is 4.88. The van der Waals surface area contributed by atoms with Gasteiger partial charge in [-0.15, -0.1) is 11.6 Å². The van der Waals surface area contributed by atoms with Gasteiger partial charge >= 0.3 is 0 Å². The summed E-state index contributed by atoms with van der Waals surface area (Å²) >= 11 is 5.60. The second-order valence-electron chi connectivity index (χ2n) is 1.62. The summed E-state index contributed by atoms with van der Waals surface area (Å²) in [4.78, 5) is 0. The van der Waals surface area contributed by atoms with E-state index < -0.39 is 0 Å². The predicted octanol–water partition coefficient (Wildman–Crippen LogP) is 1.65. The molecule has 0 fully saturated rings. The Kier molecular flexibility index (Phi) is 3.39. The molecular weight excluding hydrogens is 112 g/mol. The fourth-order valence-electron chi connectivity index (χ4n) is 0.188. The molecule has 44 valence electrons. The van der Waals surface area contributed by atoms with Gasteiger partial charge in [-0.25, -0.2) is 0 Å². The molecule has 0 radical (unpaired) electrons. The van der Waals surface area contributed by atoms with Crippen LogP contribution < -0.4 is 0 Å². The van der Waals surface area contributed by atoms with Crippen LogP contribution in [0.25, 0.3) is 0 Å². The molecule has 2 atom stereocenters. The number of rotatable bonds is 2. The molecule has 0 saturated heterocycles. The van der Waals surface area contributed by atoms with Gasteiger partial charge in [0.1, 0.15) is 0 Å². The Morgan fingerprint density at radius 2 is 1.86 bits per heavy atom. The van der Waals surface area contributed by atoms with Gasteiger partial charge in [0.15, 0.2) is 0 Å². The third kappa shape index (κ3) is 2.89. The Morgan fingerprint density at radius 3 is 1.86 bits per heavy atom. The molecule has 1 nitrogen and oxygen atoms in total. The summed E-state index contributed by atoms with van der Waals surface area (Å²) in [6.45, 7) is 3.85. The predicted molar refractivity (Wildman–Crippen MR) is 31.8 cm³/mol. The minimum atomic E-state index is 0.116. The zero-order valence-electron chi connectivity index (χ0n) is 4.94. The van der Waals surface area contributed by atoms with Gasteiger partial charge in [-0.3, -0.25) is 0 Å². The summed E-state index contributed by atoms with van der Waals surface area (Å²) in [5, 5.41) is 0.116. The van der Waals surface area contributed by atoms with E-state index in [4.69, 9.17) is 16.3 Å². The summed E-state index contributed by atoms with van der Waals surface area (Å²) in [5.74, 6) is 0. The Bertz CT molecular complexity index is 45.3. The van der Waals surface area contributed by atoms with Crippen molar-refractivity contribution >= 4 is 11.6 Å². The van der Waals surface area contributed by atoms with Crippen LogP contribution >= 0.6 is 11.6 Å². The van der Waals surface area contributed by atoms with E-state index in [1.807, 2.05) is 13.8 Å². The summed E-state index contributed by atoms with van der Waals surface area (Å²) in [7, 11) is 1.66. The molecule has 0 heterocycles. The van der Waals surface area contributed by atoms with E-state index in [2.05, 4.69) is 0 Å². The third-order valence-electron chi connectivity index (χ3n) is 1.02. The molecule has 7 heavy (non-hydrogen) atoms. The molecular formula is C5H11ClO. The minimum absolute atomic E-state index is 0.116. The van der Waals surface area contributed by atoms with E-state index in [9.17, 15) is 0 Å². The van der Waals surface area contributed by atoms with E-state index in [0.29, 0.717) is 0 Å². The maximum Gasteiger partial charge on any atom is 0.0703 e. The van der Waals surface area contributed by atoms with Crippen LogP contribution in [0.15, 0.2) is 0 Å². The van der Waals surface area contributed by atoms with Crippen LogP contribution in [0.4, 0.5) is 0 Å². The highest BCUT2D eigenvalue weighted by Gasteiger charge is 2.04. The second kappa shape index (κ2) is 3.28. The summed E-state index contributed by atoms with van der Waals surface area (Å²) in [5.41, 5.74) is 0. The summed E-state index contributed by atoms with van der Waals surface area (Å²) in [6, 6.07) is 0. The molecule has 0 aliphatic carbocycles. The van der Waals surface area contributed by atoms with Crippen LogP contribution in [-0.4, -0.2) is 18.6 Å². The SMILES string of the molecule is COC(C)[C@H](C)Cl. The molecule has 0 aromatic heterocycles. The monoisotopic (exact) mass is 122 g/mol. The number of halogens is 1. The molecule has 0 aromatic carbocycles. The van der Waals surface area contributed by atoms with Gasteiger partial charge < -0.3 is 4.74 Å². The molecule has 0 amide bonds. The van der Waals surface area contributed by atoms with Crippen molar-refractivity contribution in [1.82, 2.24) is 0 Å². The highest BCUT2D eigenvalue weighted by atomic mass is 35.5. The molecule has 0 aliphatic heterocycles. The van der Waals surface area contributed by atoms with Gasteiger partial charge in [0, 0.05) is 7.11 Å². The Hall–Kier alpha value is 0.250. The van der Waals surface area contributed by atoms with Crippen molar-refractivity contribution in [2.45, 2.75) is 25.3 Å². The largest absolute Gasteiger partial charge is 0.380 e. The lowest BCUT2D eigenvalue weighted by Gasteiger charge is -2.09. The minimum Gasteiger partial charge on any atom is -0.380 e. The van der Waals surface area contributed by atoms with Crippen LogP contribution in [0.5, 0.6) is 0 Å². The molecule has 2 heteroatoms. The molecule has 0 N–H and O–H groups in total. The normalized spacial score (nSPS) is 18.9. The average molecular weight is 123 g/mol. The number of alkyl halides is 1. The molecule has 0 saturated carbocycles. The first kappa shape index (κ1) is 7.25. The van der Waals surface area contributed by atoms with Gasteiger partial charge in [-0.05, 0) is 13.8 Å². The van der Waals surface area contributed by atoms with Gasteiger partial charge in [0.05, 0.1) is 11.5 Å². The number of hydrogen-bond acceptors (Lipinski definition) is 1. The van der Waals surface area contributed by atoms with Gasteiger partial charge in [-0.1, -0.05) is 0 Å². The van der Waals surface area contributed by atoms with E-state index in [1.165, 1.54) is 0 Å². The van der Waals surface area contributed by atoms with Gasteiger partial charge in [-0.2, -0.15) is 0 Å². The quantitative estimate of drug-likeness (QED) is 0.506.